The third-order valence-electron chi connectivity index (χ3n) is 4.21. The lowest BCUT2D eigenvalue weighted by Gasteiger charge is -2.32. The van der Waals surface area contributed by atoms with Crippen LogP contribution in [0, 0.1) is 11.7 Å². The zero-order chi connectivity index (χ0) is 16.4. The van der Waals surface area contributed by atoms with Gasteiger partial charge in [0.1, 0.15) is 18.1 Å². The van der Waals surface area contributed by atoms with Gasteiger partial charge >= 0.3 is 5.97 Å². The highest BCUT2D eigenvalue weighted by molar-refractivity contribution is 5.81. The molecule has 124 valence electrons. The van der Waals surface area contributed by atoms with Crippen LogP contribution in [-0.4, -0.2) is 35.6 Å². The molecule has 1 atom stereocenters. The molecular formula is C17H22FN3O2. The average molecular weight is 319 g/mol. The van der Waals surface area contributed by atoms with Gasteiger partial charge in [-0.1, -0.05) is 6.92 Å². The minimum atomic E-state index is -0.336. The minimum absolute atomic E-state index is 0.0697. The number of nitrogens with zero attached hydrogens (tertiary/aromatic N) is 2. The molecule has 5 nitrogen and oxygen atoms in total. The molecule has 0 spiro atoms. The maximum Gasteiger partial charge on any atom is 0.313 e. The quantitative estimate of drug-likeness (QED) is 0.880. The Morgan fingerprint density at radius 3 is 3.09 bits per heavy atom. The van der Waals surface area contributed by atoms with Gasteiger partial charge in [0.15, 0.2) is 0 Å². The molecular weight excluding hydrogens is 297 g/mol. The Morgan fingerprint density at radius 2 is 2.35 bits per heavy atom. The summed E-state index contributed by atoms with van der Waals surface area (Å²) in [6.07, 6.45) is 2.33. The zero-order valence-corrected chi connectivity index (χ0v) is 13.6. The predicted molar refractivity (Wildman–Crippen MR) is 87.0 cm³/mol. The first-order valence-electron chi connectivity index (χ1n) is 8.15. The predicted octanol–water partition coefficient (Wildman–Crippen LogP) is 3.04. The fraction of sp³-hybridized carbons (Fsp3) is 0.529. The van der Waals surface area contributed by atoms with Gasteiger partial charge in [-0.05, 0) is 31.7 Å². The molecule has 1 unspecified atom stereocenters. The summed E-state index contributed by atoms with van der Waals surface area (Å²) in [4.78, 5) is 21.0. The lowest BCUT2D eigenvalue weighted by molar-refractivity contribution is -0.142. The summed E-state index contributed by atoms with van der Waals surface area (Å²) in [5, 5.41) is 0. The number of nitrogens with one attached hydrogen (secondary N) is 1. The van der Waals surface area contributed by atoms with E-state index in [1.165, 1.54) is 12.5 Å². The van der Waals surface area contributed by atoms with Gasteiger partial charge in [0, 0.05) is 19.2 Å². The smallest absolute Gasteiger partial charge is 0.313 e. The van der Waals surface area contributed by atoms with Crippen molar-refractivity contribution in [1.82, 2.24) is 9.97 Å². The van der Waals surface area contributed by atoms with Gasteiger partial charge < -0.3 is 14.6 Å². The molecule has 1 fully saturated rings. The second kappa shape index (κ2) is 6.56. The van der Waals surface area contributed by atoms with Crippen LogP contribution in [0.2, 0.25) is 0 Å². The van der Waals surface area contributed by atoms with E-state index in [4.69, 9.17) is 4.74 Å². The van der Waals surface area contributed by atoms with E-state index in [1.54, 1.807) is 13.0 Å². The van der Waals surface area contributed by atoms with Crippen molar-refractivity contribution in [3.05, 3.63) is 23.8 Å². The van der Waals surface area contributed by atoms with E-state index in [0.717, 1.165) is 19.5 Å². The van der Waals surface area contributed by atoms with E-state index >= 15 is 0 Å². The van der Waals surface area contributed by atoms with Crippen molar-refractivity contribution >= 4 is 22.7 Å². The van der Waals surface area contributed by atoms with E-state index in [2.05, 4.69) is 21.8 Å². The normalized spacial score (nSPS) is 18.4. The molecule has 1 aliphatic heterocycles. The summed E-state index contributed by atoms with van der Waals surface area (Å²) >= 11 is 0. The number of benzene rings is 1. The summed E-state index contributed by atoms with van der Waals surface area (Å²) < 4.78 is 19.4. The molecule has 0 aliphatic carbocycles. The number of halogens is 1. The van der Waals surface area contributed by atoms with Crippen molar-refractivity contribution in [3.8, 4) is 0 Å². The van der Waals surface area contributed by atoms with Crippen molar-refractivity contribution in [3.63, 3.8) is 0 Å². The molecule has 1 aliphatic rings. The van der Waals surface area contributed by atoms with Crippen molar-refractivity contribution in [2.75, 3.05) is 24.6 Å². The first-order valence-corrected chi connectivity index (χ1v) is 8.15. The number of H-pyrrole nitrogens is 1. The fourth-order valence-electron chi connectivity index (χ4n) is 3.16. The van der Waals surface area contributed by atoms with Gasteiger partial charge in [0.05, 0.1) is 23.3 Å². The van der Waals surface area contributed by atoms with Gasteiger partial charge in [-0.3, -0.25) is 4.79 Å². The Morgan fingerprint density at radius 1 is 1.52 bits per heavy atom. The first-order chi connectivity index (χ1) is 11.1. The van der Waals surface area contributed by atoms with Crippen LogP contribution in [0.1, 0.15) is 32.5 Å². The molecule has 0 radical (unpaired) electrons. The van der Waals surface area contributed by atoms with Crippen LogP contribution < -0.4 is 4.90 Å². The van der Waals surface area contributed by atoms with E-state index in [9.17, 15) is 9.18 Å². The summed E-state index contributed by atoms with van der Waals surface area (Å²) in [6.45, 7) is 6.02. The number of imidazole rings is 1. The summed E-state index contributed by atoms with van der Waals surface area (Å²) in [5.74, 6) is 0.481. The monoisotopic (exact) mass is 319 g/mol. The number of carbonyl (C=O) groups is 1. The number of carbonyl (C=O) groups excluding carboxylic acids is 1. The van der Waals surface area contributed by atoms with Crippen LogP contribution in [0.15, 0.2) is 12.1 Å². The molecule has 1 aromatic heterocycles. The van der Waals surface area contributed by atoms with Crippen molar-refractivity contribution in [2.24, 2.45) is 5.92 Å². The third kappa shape index (κ3) is 3.46. The lowest BCUT2D eigenvalue weighted by atomic mass is 9.99. The molecule has 2 heterocycles. The highest BCUT2D eigenvalue weighted by Crippen LogP contribution is 2.28. The van der Waals surface area contributed by atoms with Crippen LogP contribution in [0.5, 0.6) is 0 Å². The average Bonchev–Trinajstić information content (AvgIpc) is 2.87. The molecule has 0 saturated carbocycles. The Bertz CT molecular complexity index is 713. The molecule has 6 heteroatoms. The maximum atomic E-state index is 14.4. The van der Waals surface area contributed by atoms with Crippen molar-refractivity contribution in [2.45, 2.75) is 33.1 Å². The summed E-state index contributed by atoms with van der Waals surface area (Å²) in [6, 6.07) is 3.24. The van der Waals surface area contributed by atoms with Crippen LogP contribution >= 0.6 is 0 Å². The van der Waals surface area contributed by atoms with Crippen LogP contribution in [0.25, 0.3) is 11.0 Å². The molecule has 0 amide bonds. The van der Waals surface area contributed by atoms with Gasteiger partial charge in [-0.15, -0.1) is 0 Å². The molecule has 1 N–H and O–H groups in total. The molecule has 23 heavy (non-hydrogen) atoms. The number of esters is 1. The lowest BCUT2D eigenvalue weighted by Crippen LogP contribution is -2.34. The second-order valence-corrected chi connectivity index (χ2v) is 6.18. The second-order valence-electron chi connectivity index (χ2n) is 6.18. The van der Waals surface area contributed by atoms with Gasteiger partial charge in [0.2, 0.25) is 0 Å². The third-order valence-corrected chi connectivity index (χ3v) is 4.21. The number of aromatic nitrogens is 2. The Kier molecular flexibility index (Phi) is 4.50. The molecule has 1 aromatic carbocycles. The van der Waals surface area contributed by atoms with E-state index in [-0.39, 0.29) is 18.2 Å². The van der Waals surface area contributed by atoms with Crippen molar-refractivity contribution in [1.29, 1.82) is 0 Å². The van der Waals surface area contributed by atoms with Crippen LogP contribution in [0.3, 0.4) is 0 Å². The standard InChI is InChI=1S/C17H22FN3O2/c1-3-23-17(22)9-16-19-13-7-12(18)15(8-14(13)20-16)21-6-4-5-11(2)10-21/h7-8,11H,3-6,9-10H2,1-2H3,(H,19,20). The van der Waals surface area contributed by atoms with Gasteiger partial charge in [0.25, 0.3) is 0 Å². The number of hydrogen-bond donors (Lipinski definition) is 1. The number of anilines is 1. The zero-order valence-electron chi connectivity index (χ0n) is 13.6. The number of rotatable bonds is 4. The Balaban J connectivity index is 1.86. The Hall–Kier alpha value is -2.11. The molecule has 3 rings (SSSR count). The first kappa shape index (κ1) is 15.8. The Labute approximate surface area is 134 Å². The maximum absolute atomic E-state index is 14.4. The largest absolute Gasteiger partial charge is 0.466 e. The number of hydrogen-bond acceptors (Lipinski definition) is 4. The number of fused-ring (bicyclic) bond motifs is 1. The minimum Gasteiger partial charge on any atom is -0.466 e. The molecule has 0 bridgehead atoms. The van der Waals surface area contributed by atoms with E-state index in [1.807, 2.05) is 0 Å². The highest BCUT2D eigenvalue weighted by Gasteiger charge is 2.20. The SMILES string of the molecule is CCOC(=O)Cc1nc2cc(N3CCCC(C)C3)c(F)cc2[nH]1. The van der Waals surface area contributed by atoms with Gasteiger partial charge in [-0.2, -0.15) is 0 Å². The summed E-state index contributed by atoms with van der Waals surface area (Å²) in [5.41, 5.74) is 1.88. The van der Waals surface area contributed by atoms with Crippen LogP contribution in [0.4, 0.5) is 10.1 Å². The van der Waals surface area contributed by atoms with E-state index < -0.39 is 0 Å². The molecule has 1 saturated heterocycles. The fourth-order valence-corrected chi connectivity index (χ4v) is 3.16. The number of ether oxygens (including phenoxy) is 1. The summed E-state index contributed by atoms with van der Waals surface area (Å²) in [7, 11) is 0. The number of aromatic amines is 1. The van der Waals surface area contributed by atoms with E-state index in [0.29, 0.717) is 35.1 Å². The van der Waals surface area contributed by atoms with Gasteiger partial charge in [-0.25, -0.2) is 9.37 Å². The molecule has 2 aromatic rings. The number of piperidine rings is 1. The van der Waals surface area contributed by atoms with Crippen molar-refractivity contribution < 1.29 is 13.9 Å². The topological polar surface area (TPSA) is 58.2 Å². The highest BCUT2D eigenvalue weighted by atomic mass is 19.1. The van der Waals surface area contributed by atoms with Crippen LogP contribution in [-0.2, 0) is 16.0 Å².